The molecule has 1 unspecified atom stereocenters. The Kier molecular flexibility index (Phi) is 7.68. The van der Waals surface area contributed by atoms with Crippen molar-refractivity contribution in [1.29, 1.82) is 0 Å². The molecular formula is C35H33FN4O2. The van der Waals surface area contributed by atoms with E-state index in [0.29, 0.717) is 28.5 Å². The van der Waals surface area contributed by atoms with Crippen LogP contribution in [0.1, 0.15) is 66.0 Å². The number of rotatable bonds is 7. The number of likely N-dealkylation sites (tertiary alicyclic amines) is 1. The summed E-state index contributed by atoms with van der Waals surface area (Å²) in [6.45, 7) is 5.68. The fraction of sp³-hybridized carbons (Fsp3) is 0.229. The monoisotopic (exact) mass is 560 g/mol. The van der Waals surface area contributed by atoms with E-state index in [-0.39, 0.29) is 23.5 Å². The maximum Gasteiger partial charge on any atom is 0.228 e. The Labute approximate surface area is 244 Å². The molecule has 1 atom stereocenters. The number of piperidine rings is 1. The normalized spacial score (nSPS) is 15.0. The number of carbonyl (C=O) groups is 2. The number of carbonyl (C=O) groups excluding carboxylic acids is 2. The smallest absolute Gasteiger partial charge is 0.228 e. The molecule has 42 heavy (non-hydrogen) atoms. The van der Waals surface area contributed by atoms with Gasteiger partial charge in [0.25, 0.3) is 0 Å². The van der Waals surface area contributed by atoms with Crippen LogP contribution in [0.15, 0.2) is 97.1 Å². The van der Waals surface area contributed by atoms with Gasteiger partial charge in [-0.05, 0) is 98.4 Å². The lowest BCUT2D eigenvalue weighted by atomic mass is 9.88. The van der Waals surface area contributed by atoms with Crippen LogP contribution in [0.2, 0.25) is 0 Å². The lowest BCUT2D eigenvalue weighted by molar-refractivity contribution is -0.114. The number of para-hydroxylation sites is 2. The lowest BCUT2D eigenvalue weighted by Crippen LogP contribution is -2.35. The number of fused-ring (bicyclic) bond motifs is 1. The lowest BCUT2D eigenvalue weighted by Gasteiger charge is -2.36. The van der Waals surface area contributed by atoms with Crippen molar-refractivity contribution in [2.75, 3.05) is 18.4 Å². The van der Waals surface area contributed by atoms with Gasteiger partial charge >= 0.3 is 0 Å². The van der Waals surface area contributed by atoms with Crippen molar-refractivity contribution in [1.82, 2.24) is 14.5 Å². The molecule has 212 valence electrons. The Morgan fingerprint density at radius 3 is 2.33 bits per heavy atom. The number of ketones is 1. The Bertz CT molecular complexity index is 1740. The number of benzene rings is 4. The zero-order valence-electron chi connectivity index (χ0n) is 23.8. The average Bonchev–Trinajstić information content (AvgIpc) is 3.40. The van der Waals surface area contributed by atoms with Gasteiger partial charge in [0, 0.05) is 29.9 Å². The highest BCUT2D eigenvalue weighted by atomic mass is 19.1. The third-order valence-electron chi connectivity index (χ3n) is 8.26. The van der Waals surface area contributed by atoms with Gasteiger partial charge in [0.05, 0.1) is 11.0 Å². The molecule has 1 saturated heterocycles. The summed E-state index contributed by atoms with van der Waals surface area (Å²) < 4.78 is 15.4. The first-order valence-corrected chi connectivity index (χ1v) is 14.4. The number of hydrogen-bond acceptors (Lipinski definition) is 4. The van der Waals surface area contributed by atoms with Gasteiger partial charge in [-0.15, -0.1) is 0 Å². The molecule has 0 saturated carbocycles. The van der Waals surface area contributed by atoms with Crippen molar-refractivity contribution in [3.63, 3.8) is 0 Å². The Morgan fingerprint density at radius 2 is 1.62 bits per heavy atom. The summed E-state index contributed by atoms with van der Waals surface area (Å²) in [6, 6.07) is 29.9. The molecule has 1 N–H and O–H groups in total. The van der Waals surface area contributed by atoms with Crippen molar-refractivity contribution >= 4 is 28.4 Å². The second kappa shape index (κ2) is 11.7. The number of halogens is 1. The summed E-state index contributed by atoms with van der Waals surface area (Å²) >= 11 is 0. The van der Waals surface area contributed by atoms with Crippen molar-refractivity contribution in [3.8, 4) is 5.69 Å². The largest absolute Gasteiger partial charge is 0.326 e. The van der Waals surface area contributed by atoms with E-state index < -0.39 is 0 Å². The standard InChI is InChI=1S/C35H33FN4O2/c1-23(39-20-18-26(19-21-39)28-6-5-7-30(22-28)37-24(2)41)25-10-12-27(13-11-25)34(42)35-38-32-8-3-4-9-33(32)40(35)31-16-14-29(36)15-17-31/h3-17,22-23,26H,18-21H2,1-2H3,(H,37,41). The van der Waals surface area contributed by atoms with Crippen LogP contribution in [0, 0.1) is 5.82 Å². The quantitative estimate of drug-likeness (QED) is 0.212. The molecule has 6 nitrogen and oxygen atoms in total. The number of aromatic nitrogens is 2. The minimum absolute atomic E-state index is 0.0601. The molecule has 0 spiro atoms. The molecule has 1 aliphatic heterocycles. The van der Waals surface area contributed by atoms with E-state index in [1.807, 2.05) is 60.7 Å². The molecule has 1 aliphatic rings. The number of nitrogens with one attached hydrogen (secondary N) is 1. The van der Waals surface area contributed by atoms with Gasteiger partial charge < -0.3 is 5.32 Å². The molecule has 1 fully saturated rings. The molecular weight excluding hydrogens is 527 g/mol. The van der Waals surface area contributed by atoms with Crippen LogP contribution in [-0.4, -0.2) is 39.2 Å². The van der Waals surface area contributed by atoms with Crippen molar-refractivity contribution in [2.24, 2.45) is 0 Å². The van der Waals surface area contributed by atoms with Crippen LogP contribution in [-0.2, 0) is 4.79 Å². The fourth-order valence-corrected chi connectivity index (χ4v) is 5.98. The number of amides is 1. The molecule has 2 heterocycles. The molecule has 0 radical (unpaired) electrons. The van der Waals surface area contributed by atoms with Crippen molar-refractivity contribution in [3.05, 3.63) is 125 Å². The summed E-state index contributed by atoms with van der Waals surface area (Å²) in [6.07, 6.45) is 2.09. The molecule has 6 rings (SSSR count). The van der Waals surface area contributed by atoms with E-state index in [1.54, 1.807) is 16.7 Å². The van der Waals surface area contributed by atoms with Crippen LogP contribution in [0.4, 0.5) is 10.1 Å². The SMILES string of the molecule is CC(=O)Nc1cccc(C2CCN(C(C)c3ccc(C(=O)c4nc5ccccc5n4-c4ccc(F)cc4)cc3)CC2)c1. The highest BCUT2D eigenvalue weighted by molar-refractivity contribution is 6.09. The summed E-state index contributed by atoms with van der Waals surface area (Å²) in [5.74, 6) is 0.184. The number of nitrogens with zero attached hydrogens (tertiary/aromatic N) is 3. The minimum atomic E-state index is -0.332. The Morgan fingerprint density at radius 1 is 0.905 bits per heavy atom. The minimum Gasteiger partial charge on any atom is -0.326 e. The Balaban J connectivity index is 1.17. The van der Waals surface area contributed by atoms with Gasteiger partial charge in [0.2, 0.25) is 11.7 Å². The second-order valence-corrected chi connectivity index (χ2v) is 11.0. The first-order chi connectivity index (χ1) is 20.4. The molecule has 7 heteroatoms. The molecule has 4 aromatic carbocycles. The van der Waals surface area contributed by atoms with Crippen LogP contribution >= 0.6 is 0 Å². The van der Waals surface area contributed by atoms with Gasteiger partial charge in [0.15, 0.2) is 5.82 Å². The molecule has 1 aromatic heterocycles. The predicted molar refractivity (Wildman–Crippen MR) is 164 cm³/mol. The number of imidazole rings is 1. The van der Waals surface area contributed by atoms with Crippen LogP contribution in [0.3, 0.4) is 0 Å². The fourth-order valence-electron chi connectivity index (χ4n) is 5.98. The van der Waals surface area contributed by atoms with E-state index in [0.717, 1.165) is 42.7 Å². The number of hydrogen-bond donors (Lipinski definition) is 1. The zero-order chi connectivity index (χ0) is 29.2. The van der Waals surface area contributed by atoms with Gasteiger partial charge in [-0.2, -0.15) is 0 Å². The van der Waals surface area contributed by atoms with Crippen molar-refractivity contribution < 1.29 is 14.0 Å². The third kappa shape index (κ3) is 5.60. The first-order valence-electron chi connectivity index (χ1n) is 14.4. The maximum absolute atomic E-state index is 13.7. The van der Waals surface area contributed by atoms with Crippen LogP contribution in [0.5, 0.6) is 0 Å². The number of anilines is 1. The molecule has 1 amide bonds. The summed E-state index contributed by atoms with van der Waals surface area (Å²) in [5.41, 5.74) is 6.02. The first kappa shape index (κ1) is 27.5. The zero-order valence-corrected chi connectivity index (χ0v) is 23.8. The molecule has 5 aromatic rings. The summed E-state index contributed by atoms with van der Waals surface area (Å²) in [4.78, 5) is 32.3. The average molecular weight is 561 g/mol. The van der Waals surface area contributed by atoms with Gasteiger partial charge in [0.1, 0.15) is 5.82 Å². The predicted octanol–water partition coefficient (Wildman–Crippen LogP) is 7.29. The highest BCUT2D eigenvalue weighted by Crippen LogP contribution is 2.33. The summed E-state index contributed by atoms with van der Waals surface area (Å²) in [7, 11) is 0. The van der Waals surface area contributed by atoms with Crippen molar-refractivity contribution in [2.45, 2.75) is 38.6 Å². The third-order valence-corrected chi connectivity index (χ3v) is 8.26. The van der Waals surface area contributed by atoms with Gasteiger partial charge in [-0.1, -0.05) is 48.5 Å². The van der Waals surface area contributed by atoms with Gasteiger partial charge in [-0.3, -0.25) is 19.1 Å². The van der Waals surface area contributed by atoms with E-state index in [9.17, 15) is 14.0 Å². The van der Waals surface area contributed by atoms with Gasteiger partial charge in [-0.25, -0.2) is 9.37 Å². The summed E-state index contributed by atoms with van der Waals surface area (Å²) in [5, 5.41) is 2.88. The van der Waals surface area contributed by atoms with E-state index >= 15 is 0 Å². The van der Waals surface area contributed by atoms with E-state index in [1.165, 1.54) is 24.6 Å². The van der Waals surface area contributed by atoms with E-state index in [2.05, 4.69) is 34.3 Å². The second-order valence-electron chi connectivity index (χ2n) is 11.0. The topological polar surface area (TPSA) is 67.2 Å². The molecule has 0 bridgehead atoms. The highest BCUT2D eigenvalue weighted by Gasteiger charge is 2.26. The maximum atomic E-state index is 13.7. The van der Waals surface area contributed by atoms with Crippen LogP contribution in [0.25, 0.3) is 16.7 Å². The van der Waals surface area contributed by atoms with Crippen LogP contribution < -0.4 is 5.32 Å². The Hall–Kier alpha value is -4.62. The van der Waals surface area contributed by atoms with E-state index in [4.69, 9.17) is 0 Å². The molecule has 0 aliphatic carbocycles.